The zero-order valence-electron chi connectivity index (χ0n) is 9.10. The average Bonchev–Trinajstić information content (AvgIpc) is 2.85. The van der Waals surface area contributed by atoms with Crippen LogP contribution in [0, 0.1) is 0 Å². The maximum atomic E-state index is 11.2. The zero-order chi connectivity index (χ0) is 11.8. The van der Waals surface area contributed by atoms with E-state index in [1.54, 1.807) is 6.07 Å². The molecular weight excluding hydrogens is 210 g/mol. The molecule has 88 valence electrons. The smallest absolute Gasteiger partial charge is 0.373 e. The van der Waals surface area contributed by atoms with Crippen LogP contribution in [-0.4, -0.2) is 24.2 Å². The van der Waals surface area contributed by atoms with Gasteiger partial charge in [-0.1, -0.05) is 0 Å². The topological polar surface area (TPSA) is 85.7 Å². The van der Waals surface area contributed by atoms with Gasteiger partial charge in [-0.3, -0.25) is 0 Å². The number of esters is 1. The number of aliphatic hydroxyl groups is 1. The highest BCUT2D eigenvalue weighted by Gasteiger charge is 2.40. The fourth-order valence-corrected chi connectivity index (χ4v) is 2.08. The summed E-state index contributed by atoms with van der Waals surface area (Å²) in [6.45, 7) is 0. The molecule has 2 unspecified atom stereocenters. The second kappa shape index (κ2) is 3.92. The molecule has 1 aliphatic carbocycles. The van der Waals surface area contributed by atoms with E-state index in [9.17, 15) is 9.90 Å². The fraction of sp³-hybridized carbons (Fsp3) is 0.545. The van der Waals surface area contributed by atoms with Crippen LogP contribution in [0.2, 0.25) is 0 Å². The first-order valence-electron chi connectivity index (χ1n) is 5.22. The van der Waals surface area contributed by atoms with Gasteiger partial charge in [0.15, 0.2) is 0 Å². The largest absolute Gasteiger partial charge is 0.463 e. The normalized spacial score (nSPS) is 29.3. The van der Waals surface area contributed by atoms with Gasteiger partial charge in [0.25, 0.3) is 0 Å². The Morgan fingerprint density at radius 3 is 3.00 bits per heavy atom. The molecule has 3 N–H and O–H groups in total. The molecule has 1 aromatic rings. The summed E-state index contributed by atoms with van der Waals surface area (Å²) in [7, 11) is 1.28. The third-order valence-electron chi connectivity index (χ3n) is 2.98. The van der Waals surface area contributed by atoms with Crippen molar-refractivity contribution < 1.29 is 19.1 Å². The highest BCUT2D eigenvalue weighted by Crippen LogP contribution is 2.38. The van der Waals surface area contributed by atoms with E-state index in [1.807, 2.05) is 0 Å². The van der Waals surface area contributed by atoms with E-state index in [2.05, 4.69) is 4.74 Å². The van der Waals surface area contributed by atoms with Gasteiger partial charge in [0.05, 0.1) is 7.11 Å². The van der Waals surface area contributed by atoms with E-state index < -0.39 is 11.6 Å². The quantitative estimate of drug-likeness (QED) is 0.726. The van der Waals surface area contributed by atoms with Crippen LogP contribution in [0.5, 0.6) is 0 Å². The summed E-state index contributed by atoms with van der Waals surface area (Å²) < 4.78 is 9.82. The molecule has 1 saturated carbocycles. The molecule has 0 spiro atoms. The number of furan rings is 1. The summed E-state index contributed by atoms with van der Waals surface area (Å²) in [4.78, 5) is 11.2. The summed E-state index contributed by atoms with van der Waals surface area (Å²) >= 11 is 0. The maximum absolute atomic E-state index is 11.2. The molecule has 0 aliphatic heterocycles. The number of hydrogen-bond acceptors (Lipinski definition) is 5. The summed E-state index contributed by atoms with van der Waals surface area (Å²) in [6, 6.07) is 3.09. The minimum atomic E-state index is -1.04. The molecule has 2 atom stereocenters. The second-order valence-corrected chi connectivity index (χ2v) is 4.19. The molecule has 1 aromatic heterocycles. The van der Waals surface area contributed by atoms with Crippen LogP contribution in [0.4, 0.5) is 0 Å². The number of hydrogen-bond donors (Lipinski definition) is 2. The molecule has 0 bridgehead atoms. The van der Waals surface area contributed by atoms with E-state index in [0.717, 1.165) is 6.42 Å². The monoisotopic (exact) mass is 225 g/mol. The lowest BCUT2D eigenvalue weighted by atomic mass is 9.99. The van der Waals surface area contributed by atoms with Gasteiger partial charge in [-0.05, 0) is 31.4 Å². The molecule has 0 amide bonds. The van der Waals surface area contributed by atoms with Crippen molar-refractivity contribution in [1.82, 2.24) is 0 Å². The Labute approximate surface area is 93.2 Å². The van der Waals surface area contributed by atoms with E-state index in [-0.39, 0.29) is 11.8 Å². The van der Waals surface area contributed by atoms with Gasteiger partial charge in [0.1, 0.15) is 11.4 Å². The van der Waals surface area contributed by atoms with Crippen LogP contribution < -0.4 is 5.73 Å². The Morgan fingerprint density at radius 2 is 2.44 bits per heavy atom. The van der Waals surface area contributed by atoms with E-state index in [4.69, 9.17) is 10.2 Å². The third-order valence-corrected chi connectivity index (χ3v) is 2.98. The molecule has 0 radical (unpaired) electrons. The number of rotatable bonds is 2. The van der Waals surface area contributed by atoms with Crippen molar-refractivity contribution in [2.75, 3.05) is 7.11 Å². The van der Waals surface area contributed by atoms with Crippen LogP contribution in [0.25, 0.3) is 0 Å². The van der Waals surface area contributed by atoms with Gasteiger partial charge < -0.3 is 20.0 Å². The molecule has 1 aliphatic rings. The molecule has 5 nitrogen and oxygen atoms in total. The molecule has 5 heteroatoms. The Balaban J connectivity index is 2.22. The number of methoxy groups -OCH3 is 1. The minimum absolute atomic E-state index is 0.0170. The van der Waals surface area contributed by atoms with Crippen molar-refractivity contribution in [2.24, 2.45) is 5.73 Å². The predicted octanol–water partition coefficient (Wildman–Crippen LogP) is 0.765. The van der Waals surface area contributed by atoms with Crippen LogP contribution in [0.3, 0.4) is 0 Å². The predicted molar refractivity (Wildman–Crippen MR) is 55.8 cm³/mol. The SMILES string of the molecule is COC(=O)c1ccc(C2(O)CCC(N)C2)o1. The Hall–Kier alpha value is -1.33. The van der Waals surface area contributed by atoms with Crippen LogP contribution in [0.1, 0.15) is 35.6 Å². The standard InChI is InChI=1S/C11H15NO4/c1-15-10(13)8-2-3-9(16-8)11(14)5-4-7(12)6-11/h2-3,7,14H,4-6,12H2,1H3. The van der Waals surface area contributed by atoms with E-state index >= 15 is 0 Å². The second-order valence-electron chi connectivity index (χ2n) is 4.19. The summed E-state index contributed by atoms with van der Waals surface area (Å²) in [6.07, 6.45) is 1.77. The minimum Gasteiger partial charge on any atom is -0.463 e. The maximum Gasteiger partial charge on any atom is 0.373 e. The van der Waals surface area contributed by atoms with Crippen molar-refractivity contribution >= 4 is 5.97 Å². The van der Waals surface area contributed by atoms with Crippen molar-refractivity contribution in [2.45, 2.75) is 30.9 Å². The summed E-state index contributed by atoms with van der Waals surface area (Å²) in [5, 5.41) is 10.3. The Kier molecular flexibility index (Phi) is 2.73. The molecule has 1 heterocycles. The first kappa shape index (κ1) is 11.2. The first-order valence-corrected chi connectivity index (χ1v) is 5.22. The highest BCUT2D eigenvalue weighted by atomic mass is 16.5. The zero-order valence-corrected chi connectivity index (χ0v) is 9.10. The lowest BCUT2D eigenvalue weighted by Gasteiger charge is -2.19. The Morgan fingerprint density at radius 1 is 1.69 bits per heavy atom. The van der Waals surface area contributed by atoms with Crippen LogP contribution >= 0.6 is 0 Å². The van der Waals surface area contributed by atoms with Gasteiger partial charge in [-0.15, -0.1) is 0 Å². The van der Waals surface area contributed by atoms with Crippen molar-refractivity contribution in [3.63, 3.8) is 0 Å². The van der Waals surface area contributed by atoms with Gasteiger partial charge in [-0.25, -0.2) is 4.79 Å². The molecule has 2 rings (SSSR count). The average molecular weight is 225 g/mol. The van der Waals surface area contributed by atoms with Gasteiger partial charge in [-0.2, -0.15) is 0 Å². The molecule has 16 heavy (non-hydrogen) atoms. The van der Waals surface area contributed by atoms with E-state index in [1.165, 1.54) is 13.2 Å². The summed E-state index contributed by atoms with van der Waals surface area (Å²) in [5.41, 5.74) is 4.71. The van der Waals surface area contributed by atoms with Crippen molar-refractivity contribution in [1.29, 1.82) is 0 Å². The number of nitrogens with two attached hydrogens (primary N) is 1. The van der Waals surface area contributed by atoms with Crippen LogP contribution in [-0.2, 0) is 10.3 Å². The molecule has 1 fully saturated rings. The molecule has 0 aromatic carbocycles. The number of carbonyl (C=O) groups excluding carboxylic acids is 1. The third kappa shape index (κ3) is 1.83. The van der Waals surface area contributed by atoms with E-state index in [0.29, 0.717) is 18.6 Å². The summed E-state index contributed by atoms with van der Waals surface area (Å²) in [5.74, 6) is -0.0515. The van der Waals surface area contributed by atoms with Gasteiger partial charge >= 0.3 is 5.97 Å². The lowest BCUT2D eigenvalue weighted by molar-refractivity contribution is 0.0182. The number of carbonyl (C=O) groups is 1. The van der Waals surface area contributed by atoms with Gasteiger partial charge in [0.2, 0.25) is 5.76 Å². The Bertz CT molecular complexity index is 400. The molecular formula is C11H15NO4. The number of ether oxygens (including phenoxy) is 1. The lowest BCUT2D eigenvalue weighted by Crippen LogP contribution is -2.24. The van der Waals surface area contributed by atoms with Gasteiger partial charge in [0, 0.05) is 6.04 Å². The fourth-order valence-electron chi connectivity index (χ4n) is 2.08. The van der Waals surface area contributed by atoms with Crippen LogP contribution in [0.15, 0.2) is 16.5 Å². The highest BCUT2D eigenvalue weighted by molar-refractivity contribution is 5.86. The molecule has 0 saturated heterocycles. The van der Waals surface area contributed by atoms with Crippen molar-refractivity contribution in [3.05, 3.63) is 23.7 Å². The van der Waals surface area contributed by atoms with Crippen molar-refractivity contribution in [3.8, 4) is 0 Å². The first-order chi connectivity index (χ1) is 7.55.